The molecule has 0 radical (unpaired) electrons. The van der Waals surface area contributed by atoms with Crippen LogP contribution in [0.25, 0.3) is 11.1 Å². The van der Waals surface area contributed by atoms with Gasteiger partial charge in [0.1, 0.15) is 23.1 Å². The van der Waals surface area contributed by atoms with Crippen molar-refractivity contribution in [1.29, 1.82) is 5.26 Å². The lowest BCUT2D eigenvalue weighted by Gasteiger charge is -2.22. The Kier molecular flexibility index (Phi) is 5.11. The number of para-hydroxylation sites is 1. The van der Waals surface area contributed by atoms with Crippen LogP contribution < -0.4 is 10.3 Å². The van der Waals surface area contributed by atoms with E-state index in [9.17, 15) is 15.2 Å². The van der Waals surface area contributed by atoms with Crippen LogP contribution >= 0.6 is 0 Å². The number of ether oxygens (including phenoxy) is 1. The number of pyridine rings is 1. The molecule has 0 aliphatic carbocycles. The molecule has 0 fully saturated rings. The maximum atomic E-state index is 12.4. The highest BCUT2D eigenvalue weighted by atomic mass is 16.5. The average molecular weight is 360 g/mol. The first-order valence-corrected chi connectivity index (χ1v) is 8.57. The normalized spacial score (nSPS) is 11.0. The second-order valence-corrected chi connectivity index (χ2v) is 6.89. The van der Waals surface area contributed by atoms with Crippen LogP contribution in [0.1, 0.15) is 25.1 Å². The minimum Gasteiger partial charge on any atom is -0.457 e. The molecule has 0 saturated carbocycles. The highest BCUT2D eigenvalue weighted by Crippen LogP contribution is 2.29. The summed E-state index contributed by atoms with van der Waals surface area (Å²) >= 11 is 0. The number of nitriles is 1. The molecule has 136 valence electrons. The van der Waals surface area contributed by atoms with Gasteiger partial charge in [0.05, 0.1) is 6.61 Å². The van der Waals surface area contributed by atoms with Crippen molar-refractivity contribution in [3.8, 4) is 28.7 Å². The number of hydrogen-bond donors (Lipinski definition) is 2. The third kappa shape index (κ3) is 3.91. The van der Waals surface area contributed by atoms with Crippen molar-refractivity contribution in [2.45, 2.75) is 19.3 Å². The van der Waals surface area contributed by atoms with E-state index in [1.165, 1.54) is 0 Å². The van der Waals surface area contributed by atoms with Gasteiger partial charge in [0.15, 0.2) is 0 Å². The number of H-pyrrole nitrogens is 1. The van der Waals surface area contributed by atoms with Gasteiger partial charge >= 0.3 is 0 Å². The predicted molar refractivity (Wildman–Crippen MR) is 104 cm³/mol. The second kappa shape index (κ2) is 7.48. The molecule has 1 heterocycles. The van der Waals surface area contributed by atoms with Crippen molar-refractivity contribution < 1.29 is 9.84 Å². The number of rotatable bonds is 5. The largest absolute Gasteiger partial charge is 0.457 e. The van der Waals surface area contributed by atoms with Crippen molar-refractivity contribution >= 4 is 0 Å². The zero-order chi connectivity index (χ0) is 19.4. The molecule has 3 aromatic rings. The highest BCUT2D eigenvalue weighted by Gasteiger charge is 2.23. The lowest BCUT2D eigenvalue weighted by Crippen LogP contribution is -2.27. The maximum Gasteiger partial charge on any atom is 0.266 e. The van der Waals surface area contributed by atoms with Crippen molar-refractivity contribution in [2.24, 2.45) is 0 Å². The van der Waals surface area contributed by atoms with Crippen molar-refractivity contribution in [1.82, 2.24) is 4.98 Å². The lowest BCUT2D eigenvalue weighted by molar-refractivity contribution is 0.215. The van der Waals surface area contributed by atoms with Gasteiger partial charge in [-0.1, -0.05) is 44.2 Å². The number of hydrogen-bond acceptors (Lipinski definition) is 4. The van der Waals surface area contributed by atoms with Crippen molar-refractivity contribution in [3.63, 3.8) is 0 Å². The summed E-state index contributed by atoms with van der Waals surface area (Å²) in [6, 6.07) is 20.4. The smallest absolute Gasteiger partial charge is 0.266 e. The molecule has 3 rings (SSSR count). The van der Waals surface area contributed by atoms with Crippen molar-refractivity contribution in [2.75, 3.05) is 6.61 Å². The zero-order valence-corrected chi connectivity index (χ0v) is 15.2. The fourth-order valence-electron chi connectivity index (χ4n) is 2.68. The molecule has 5 nitrogen and oxygen atoms in total. The van der Waals surface area contributed by atoms with Crippen LogP contribution in [0.3, 0.4) is 0 Å². The molecule has 5 heteroatoms. The van der Waals surface area contributed by atoms with E-state index in [-0.39, 0.29) is 12.2 Å². The van der Waals surface area contributed by atoms with Gasteiger partial charge in [-0.3, -0.25) is 4.79 Å². The molecule has 0 aliphatic rings. The summed E-state index contributed by atoms with van der Waals surface area (Å²) in [5.74, 6) is 1.38. The summed E-state index contributed by atoms with van der Waals surface area (Å²) in [6.45, 7) is 3.52. The number of nitrogens with one attached hydrogen (secondary N) is 1. The van der Waals surface area contributed by atoms with Gasteiger partial charge < -0.3 is 14.8 Å². The molecule has 1 aromatic heterocycles. The summed E-state index contributed by atoms with van der Waals surface area (Å²) in [5.41, 5.74) is 0.796. The van der Waals surface area contributed by atoms with Crippen LogP contribution in [0.4, 0.5) is 0 Å². The number of benzene rings is 2. The lowest BCUT2D eigenvalue weighted by atomic mass is 9.87. The molecule has 0 unspecified atom stereocenters. The molecular weight excluding hydrogens is 340 g/mol. The summed E-state index contributed by atoms with van der Waals surface area (Å²) < 4.78 is 5.78. The van der Waals surface area contributed by atoms with E-state index in [1.807, 2.05) is 62.4 Å². The number of aromatic amines is 1. The first-order valence-electron chi connectivity index (χ1n) is 8.57. The van der Waals surface area contributed by atoms with Crippen molar-refractivity contribution in [3.05, 3.63) is 82.3 Å². The molecule has 0 spiro atoms. The standard InChI is InChI=1S/C22H20N2O3/c1-22(2,14-25)20-12-18(19(13-23)21(26)24-20)15-8-10-17(11-9-15)27-16-6-4-3-5-7-16/h3-12,25H,14H2,1-2H3,(H,24,26). The fourth-order valence-corrected chi connectivity index (χ4v) is 2.68. The number of nitrogens with zero attached hydrogens (tertiary/aromatic N) is 1. The fraction of sp³-hybridized carbons (Fsp3) is 0.182. The van der Waals surface area contributed by atoms with Gasteiger partial charge in [-0.15, -0.1) is 0 Å². The van der Waals surface area contributed by atoms with E-state index in [4.69, 9.17) is 4.74 Å². The SMILES string of the molecule is CC(C)(CO)c1cc(-c2ccc(Oc3ccccc3)cc2)c(C#N)c(=O)[nH]1. The van der Waals surface area contributed by atoms with Gasteiger partial charge in [0, 0.05) is 16.7 Å². The minimum atomic E-state index is -0.627. The van der Waals surface area contributed by atoms with Gasteiger partial charge in [0.2, 0.25) is 0 Å². The molecule has 0 atom stereocenters. The summed E-state index contributed by atoms with van der Waals surface area (Å²) in [4.78, 5) is 15.1. The monoisotopic (exact) mass is 360 g/mol. The summed E-state index contributed by atoms with van der Waals surface area (Å²) in [5, 5.41) is 19.0. The van der Waals surface area contributed by atoms with Crippen LogP contribution in [0, 0.1) is 11.3 Å². The Morgan fingerprint density at radius 1 is 1.07 bits per heavy atom. The Balaban J connectivity index is 2.00. The molecule has 0 bridgehead atoms. The third-order valence-corrected chi connectivity index (χ3v) is 4.41. The molecule has 2 N–H and O–H groups in total. The number of aromatic nitrogens is 1. The van der Waals surface area contributed by atoms with Gasteiger partial charge in [-0.05, 0) is 35.9 Å². The Hall–Kier alpha value is -3.36. The second-order valence-electron chi connectivity index (χ2n) is 6.89. The van der Waals surface area contributed by atoms with E-state index in [0.717, 1.165) is 11.3 Å². The maximum absolute atomic E-state index is 12.4. The highest BCUT2D eigenvalue weighted by molar-refractivity contribution is 5.71. The van der Waals surface area contributed by atoms with Crippen LogP contribution in [0.5, 0.6) is 11.5 Å². The van der Waals surface area contributed by atoms with Crippen LogP contribution in [-0.2, 0) is 5.41 Å². The zero-order valence-electron chi connectivity index (χ0n) is 15.2. The minimum absolute atomic E-state index is 0.0456. The molecular formula is C22H20N2O3. The molecule has 0 amide bonds. The van der Waals surface area contributed by atoms with E-state index in [0.29, 0.717) is 17.0 Å². The Bertz CT molecular complexity index is 1030. The summed E-state index contributed by atoms with van der Waals surface area (Å²) in [6.07, 6.45) is 0. The van der Waals surface area contributed by atoms with Gasteiger partial charge in [-0.25, -0.2) is 0 Å². The quantitative estimate of drug-likeness (QED) is 0.721. The molecule has 2 aromatic carbocycles. The summed E-state index contributed by atoms with van der Waals surface area (Å²) in [7, 11) is 0. The number of aliphatic hydroxyl groups is 1. The topological polar surface area (TPSA) is 86.1 Å². The van der Waals surface area contributed by atoms with Gasteiger partial charge in [0.25, 0.3) is 5.56 Å². The van der Waals surface area contributed by atoms with Crippen LogP contribution in [0.2, 0.25) is 0 Å². The Labute approximate surface area is 157 Å². The first kappa shape index (κ1) is 18.4. The molecule has 0 aliphatic heterocycles. The van der Waals surface area contributed by atoms with E-state index in [1.54, 1.807) is 18.2 Å². The molecule has 27 heavy (non-hydrogen) atoms. The third-order valence-electron chi connectivity index (χ3n) is 4.41. The average Bonchev–Trinajstić information content (AvgIpc) is 2.68. The van der Waals surface area contributed by atoms with E-state index in [2.05, 4.69) is 4.98 Å². The van der Waals surface area contributed by atoms with Crippen LogP contribution in [0.15, 0.2) is 65.5 Å². The Morgan fingerprint density at radius 2 is 1.70 bits per heavy atom. The first-order chi connectivity index (χ1) is 12.9. The molecule has 0 saturated heterocycles. The predicted octanol–water partition coefficient (Wildman–Crippen LogP) is 3.98. The van der Waals surface area contributed by atoms with E-state index >= 15 is 0 Å². The van der Waals surface area contributed by atoms with Crippen LogP contribution in [-0.4, -0.2) is 16.7 Å². The van der Waals surface area contributed by atoms with E-state index < -0.39 is 11.0 Å². The van der Waals surface area contributed by atoms with Gasteiger partial charge in [-0.2, -0.15) is 5.26 Å². The number of aliphatic hydroxyl groups excluding tert-OH is 1. The Morgan fingerprint density at radius 3 is 2.30 bits per heavy atom.